The van der Waals surface area contributed by atoms with Gasteiger partial charge >= 0.3 is 5.69 Å². The Hall–Kier alpha value is -2.41. The van der Waals surface area contributed by atoms with Gasteiger partial charge in [0, 0.05) is 17.1 Å². The highest BCUT2D eigenvalue weighted by Crippen LogP contribution is 2.28. The fourth-order valence-electron chi connectivity index (χ4n) is 2.60. The normalized spacial score (nSPS) is 10.9. The first-order valence-corrected chi connectivity index (χ1v) is 8.65. The third kappa shape index (κ3) is 3.37. The molecule has 25 heavy (non-hydrogen) atoms. The van der Waals surface area contributed by atoms with Crippen molar-refractivity contribution in [1.82, 2.24) is 19.8 Å². The Bertz CT molecular complexity index is 991. The number of benzene rings is 2. The van der Waals surface area contributed by atoms with E-state index in [-0.39, 0.29) is 5.69 Å². The fraction of sp³-hybridized carbons (Fsp3) is 0.278. The van der Waals surface area contributed by atoms with E-state index in [9.17, 15) is 4.79 Å². The van der Waals surface area contributed by atoms with Gasteiger partial charge in [-0.2, -0.15) is 9.36 Å². The lowest BCUT2D eigenvalue weighted by atomic mass is 10.1. The fourth-order valence-corrected chi connectivity index (χ4v) is 3.06. The molecule has 0 spiro atoms. The minimum Gasteiger partial charge on any atom is -0.489 e. The summed E-state index contributed by atoms with van der Waals surface area (Å²) in [4.78, 5) is 12.2. The van der Waals surface area contributed by atoms with Crippen molar-refractivity contribution < 1.29 is 4.74 Å². The van der Waals surface area contributed by atoms with Crippen LogP contribution in [0.3, 0.4) is 0 Å². The van der Waals surface area contributed by atoms with E-state index in [0.717, 1.165) is 32.5 Å². The zero-order chi connectivity index (χ0) is 18.1. The van der Waals surface area contributed by atoms with E-state index in [0.29, 0.717) is 12.3 Å². The molecule has 0 saturated carbocycles. The predicted octanol–water partition coefficient (Wildman–Crippen LogP) is 3.23. The average molecular weight is 403 g/mol. The molecule has 7 heteroatoms. The topological polar surface area (TPSA) is 61.9 Å². The van der Waals surface area contributed by atoms with E-state index in [1.54, 1.807) is 7.05 Å². The number of rotatable bonds is 4. The molecule has 0 aliphatic heterocycles. The van der Waals surface area contributed by atoms with Gasteiger partial charge in [-0.15, -0.1) is 0 Å². The van der Waals surface area contributed by atoms with Crippen LogP contribution in [0.4, 0.5) is 0 Å². The van der Waals surface area contributed by atoms with Gasteiger partial charge in [-0.1, -0.05) is 28.1 Å². The Morgan fingerprint density at radius 3 is 2.52 bits per heavy atom. The first-order valence-electron chi connectivity index (χ1n) is 7.86. The van der Waals surface area contributed by atoms with E-state index in [1.165, 1.54) is 9.36 Å². The van der Waals surface area contributed by atoms with E-state index < -0.39 is 0 Å². The van der Waals surface area contributed by atoms with E-state index >= 15 is 0 Å². The first-order chi connectivity index (χ1) is 11.9. The number of nitrogens with zero attached hydrogens (tertiary/aromatic N) is 4. The molecule has 0 aliphatic carbocycles. The van der Waals surface area contributed by atoms with Crippen molar-refractivity contribution in [2.45, 2.75) is 27.4 Å². The van der Waals surface area contributed by atoms with Crippen LogP contribution < -0.4 is 10.4 Å². The van der Waals surface area contributed by atoms with Crippen LogP contribution in [0.25, 0.3) is 5.69 Å². The monoisotopic (exact) mass is 402 g/mol. The van der Waals surface area contributed by atoms with E-state index in [2.05, 4.69) is 26.4 Å². The molecule has 0 N–H and O–H groups in total. The molecule has 6 nitrogen and oxygen atoms in total. The highest BCUT2D eigenvalue weighted by atomic mass is 79.9. The van der Waals surface area contributed by atoms with Gasteiger partial charge in [0.1, 0.15) is 12.4 Å². The van der Waals surface area contributed by atoms with Gasteiger partial charge in [0.2, 0.25) is 0 Å². The lowest BCUT2D eigenvalue weighted by Crippen LogP contribution is -2.23. The molecule has 2 aromatic carbocycles. The Labute approximate surface area is 154 Å². The molecule has 130 valence electrons. The van der Waals surface area contributed by atoms with Gasteiger partial charge in [-0.25, -0.2) is 4.79 Å². The molecule has 1 heterocycles. The zero-order valence-corrected chi connectivity index (χ0v) is 16.2. The number of hydrogen-bond donors (Lipinski definition) is 0. The third-order valence-electron chi connectivity index (χ3n) is 4.16. The van der Waals surface area contributed by atoms with Crippen molar-refractivity contribution in [1.29, 1.82) is 0 Å². The second-order valence-electron chi connectivity index (χ2n) is 6.03. The number of ether oxygens (including phenoxy) is 1. The number of hydrogen-bond acceptors (Lipinski definition) is 4. The molecule has 0 bridgehead atoms. The third-order valence-corrected chi connectivity index (χ3v) is 5.02. The largest absolute Gasteiger partial charge is 0.489 e. The smallest absolute Gasteiger partial charge is 0.368 e. The molecule has 0 fully saturated rings. The molecular formula is C18H19BrN4O2. The average Bonchev–Trinajstić information content (AvgIpc) is 2.90. The highest BCUT2D eigenvalue weighted by molar-refractivity contribution is 9.10. The first kappa shape index (κ1) is 17.4. The van der Waals surface area contributed by atoms with Gasteiger partial charge in [0.05, 0.1) is 5.69 Å². The lowest BCUT2D eigenvalue weighted by Gasteiger charge is -2.15. The van der Waals surface area contributed by atoms with Gasteiger partial charge < -0.3 is 4.74 Å². The molecule has 0 amide bonds. The van der Waals surface area contributed by atoms with Gasteiger partial charge in [0.15, 0.2) is 0 Å². The van der Waals surface area contributed by atoms with E-state index in [4.69, 9.17) is 4.74 Å². The summed E-state index contributed by atoms with van der Waals surface area (Å²) in [6, 6.07) is 9.78. The summed E-state index contributed by atoms with van der Waals surface area (Å²) in [5, 5.41) is 7.73. The maximum Gasteiger partial charge on any atom is 0.368 e. The van der Waals surface area contributed by atoms with Crippen LogP contribution in [0.1, 0.15) is 22.3 Å². The van der Waals surface area contributed by atoms with Crippen LogP contribution >= 0.6 is 15.9 Å². The SMILES string of the molecule is Cc1cc(OCc2c(C)cccc2-n2nnn(C)c2=O)c(C)cc1Br. The summed E-state index contributed by atoms with van der Waals surface area (Å²) < 4.78 is 9.61. The second kappa shape index (κ2) is 6.84. The summed E-state index contributed by atoms with van der Waals surface area (Å²) in [6.07, 6.45) is 0. The summed E-state index contributed by atoms with van der Waals surface area (Å²) in [5.74, 6) is 0.821. The van der Waals surface area contributed by atoms with Crippen LogP contribution in [0.15, 0.2) is 39.6 Å². The van der Waals surface area contributed by atoms with Crippen molar-refractivity contribution in [2.75, 3.05) is 0 Å². The Morgan fingerprint density at radius 2 is 1.84 bits per heavy atom. The number of tetrazole rings is 1. The molecular weight excluding hydrogens is 384 g/mol. The Balaban J connectivity index is 1.97. The lowest BCUT2D eigenvalue weighted by molar-refractivity contribution is 0.302. The minimum absolute atomic E-state index is 0.289. The highest BCUT2D eigenvalue weighted by Gasteiger charge is 2.14. The summed E-state index contributed by atoms with van der Waals surface area (Å²) in [7, 11) is 1.58. The van der Waals surface area contributed by atoms with E-state index in [1.807, 2.05) is 51.1 Å². The van der Waals surface area contributed by atoms with Crippen LogP contribution in [-0.4, -0.2) is 19.8 Å². The number of aryl methyl sites for hydroxylation is 4. The number of halogens is 1. The second-order valence-corrected chi connectivity index (χ2v) is 6.88. The quantitative estimate of drug-likeness (QED) is 0.671. The standard InChI is InChI=1S/C18H19BrN4O2/c1-11-6-5-7-16(23-18(24)22(4)20-21-23)14(11)10-25-17-9-12(2)15(19)8-13(17)3/h5-9H,10H2,1-4H3. The molecule has 3 aromatic rings. The van der Waals surface area contributed by atoms with Crippen LogP contribution in [0, 0.1) is 20.8 Å². The molecule has 3 rings (SSSR count). The molecule has 1 aromatic heterocycles. The van der Waals surface area contributed by atoms with Crippen molar-refractivity contribution in [3.05, 3.63) is 67.5 Å². The summed E-state index contributed by atoms with van der Waals surface area (Å²) >= 11 is 3.53. The minimum atomic E-state index is -0.289. The van der Waals surface area contributed by atoms with Gasteiger partial charge in [0.25, 0.3) is 0 Å². The van der Waals surface area contributed by atoms with Gasteiger partial charge in [-0.05, 0) is 66.1 Å². The van der Waals surface area contributed by atoms with Gasteiger partial charge in [-0.3, -0.25) is 0 Å². The van der Waals surface area contributed by atoms with Crippen molar-refractivity contribution in [3.8, 4) is 11.4 Å². The molecule has 0 aliphatic rings. The maximum atomic E-state index is 12.2. The summed E-state index contributed by atoms with van der Waals surface area (Å²) in [5.41, 5.74) is 4.48. The van der Waals surface area contributed by atoms with Crippen molar-refractivity contribution in [3.63, 3.8) is 0 Å². The summed E-state index contributed by atoms with van der Waals surface area (Å²) in [6.45, 7) is 6.36. The molecule has 0 radical (unpaired) electrons. The molecule has 0 saturated heterocycles. The van der Waals surface area contributed by atoms with Crippen LogP contribution in [0.2, 0.25) is 0 Å². The molecule has 0 unspecified atom stereocenters. The van der Waals surface area contributed by atoms with Crippen LogP contribution in [0.5, 0.6) is 5.75 Å². The Morgan fingerprint density at radius 1 is 1.08 bits per heavy atom. The van der Waals surface area contributed by atoms with Crippen molar-refractivity contribution >= 4 is 15.9 Å². The maximum absolute atomic E-state index is 12.2. The zero-order valence-electron chi connectivity index (χ0n) is 14.6. The Kier molecular flexibility index (Phi) is 4.76. The predicted molar refractivity (Wildman–Crippen MR) is 99.3 cm³/mol. The van der Waals surface area contributed by atoms with Crippen LogP contribution in [-0.2, 0) is 13.7 Å². The molecule has 0 atom stereocenters. The number of aromatic nitrogens is 4. The van der Waals surface area contributed by atoms with Crippen molar-refractivity contribution in [2.24, 2.45) is 7.05 Å².